The standard InChI is InChI=1S/C12H23NS2/c1-12(2)4-6-15-9-11(12)13-7-10-3-5-14-8-10/h10-11,13H,3-9H2,1-2H3. The molecule has 2 aliphatic heterocycles. The van der Waals surface area contributed by atoms with Crippen molar-refractivity contribution in [3.8, 4) is 0 Å². The zero-order chi connectivity index (χ0) is 10.7. The van der Waals surface area contributed by atoms with E-state index in [-0.39, 0.29) is 0 Å². The molecule has 2 saturated heterocycles. The van der Waals surface area contributed by atoms with Gasteiger partial charge in [-0.15, -0.1) is 0 Å². The smallest absolute Gasteiger partial charge is 0.0209 e. The van der Waals surface area contributed by atoms with Crippen LogP contribution in [0.25, 0.3) is 0 Å². The van der Waals surface area contributed by atoms with Gasteiger partial charge >= 0.3 is 0 Å². The molecule has 1 nitrogen and oxygen atoms in total. The summed E-state index contributed by atoms with van der Waals surface area (Å²) in [7, 11) is 0. The summed E-state index contributed by atoms with van der Waals surface area (Å²) in [6, 6.07) is 0.738. The van der Waals surface area contributed by atoms with Crippen LogP contribution in [-0.4, -0.2) is 35.6 Å². The van der Waals surface area contributed by atoms with Crippen molar-refractivity contribution >= 4 is 23.5 Å². The Morgan fingerprint density at radius 3 is 2.67 bits per heavy atom. The first-order valence-corrected chi connectivity index (χ1v) is 8.38. The lowest BCUT2D eigenvalue weighted by Gasteiger charge is -2.39. The quantitative estimate of drug-likeness (QED) is 0.821. The molecule has 0 radical (unpaired) electrons. The van der Waals surface area contributed by atoms with Crippen LogP contribution in [0.15, 0.2) is 0 Å². The molecule has 0 aliphatic carbocycles. The lowest BCUT2D eigenvalue weighted by Crippen LogP contribution is -2.48. The van der Waals surface area contributed by atoms with E-state index >= 15 is 0 Å². The van der Waals surface area contributed by atoms with Crippen LogP contribution in [0.2, 0.25) is 0 Å². The Morgan fingerprint density at radius 1 is 1.20 bits per heavy atom. The minimum atomic E-state index is 0.511. The van der Waals surface area contributed by atoms with E-state index in [4.69, 9.17) is 0 Å². The Labute approximate surface area is 103 Å². The molecule has 0 spiro atoms. The topological polar surface area (TPSA) is 12.0 Å². The maximum absolute atomic E-state index is 3.82. The number of rotatable bonds is 3. The second-order valence-corrected chi connectivity index (χ2v) is 7.80. The van der Waals surface area contributed by atoms with Gasteiger partial charge in [0.25, 0.3) is 0 Å². The van der Waals surface area contributed by atoms with Crippen molar-refractivity contribution in [3.63, 3.8) is 0 Å². The first kappa shape index (κ1) is 12.1. The molecular weight excluding hydrogens is 222 g/mol. The highest BCUT2D eigenvalue weighted by molar-refractivity contribution is 7.99. The fraction of sp³-hybridized carbons (Fsp3) is 1.00. The van der Waals surface area contributed by atoms with Crippen LogP contribution >= 0.6 is 23.5 Å². The van der Waals surface area contributed by atoms with Crippen LogP contribution < -0.4 is 5.32 Å². The molecule has 15 heavy (non-hydrogen) atoms. The Bertz CT molecular complexity index is 200. The Hall–Kier alpha value is 0.660. The van der Waals surface area contributed by atoms with Crippen molar-refractivity contribution in [2.24, 2.45) is 11.3 Å². The van der Waals surface area contributed by atoms with Gasteiger partial charge in [-0.2, -0.15) is 23.5 Å². The van der Waals surface area contributed by atoms with Gasteiger partial charge in [0.05, 0.1) is 0 Å². The van der Waals surface area contributed by atoms with Gasteiger partial charge in [-0.3, -0.25) is 0 Å². The molecule has 2 heterocycles. The van der Waals surface area contributed by atoms with E-state index in [1.807, 2.05) is 0 Å². The lowest BCUT2D eigenvalue weighted by atomic mass is 9.82. The van der Waals surface area contributed by atoms with E-state index in [9.17, 15) is 0 Å². The van der Waals surface area contributed by atoms with E-state index in [0.29, 0.717) is 5.41 Å². The largest absolute Gasteiger partial charge is 0.312 e. The van der Waals surface area contributed by atoms with Crippen molar-refractivity contribution in [3.05, 3.63) is 0 Å². The van der Waals surface area contributed by atoms with Crippen LogP contribution in [0.4, 0.5) is 0 Å². The normalized spacial score (nSPS) is 35.6. The van der Waals surface area contributed by atoms with E-state index in [2.05, 4.69) is 42.7 Å². The van der Waals surface area contributed by atoms with E-state index in [1.54, 1.807) is 0 Å². The first-order chi connectivity index (χ1) is 7.18. The number of nitrogens with one attached hydrogen (secondary N) is 1. The van der Waals surface area contributed by atoms with Crippen molar-refractivity contribution < 1.29 is 0 Å². The van der Waals surface area contributed by atoms with E-state index in [1.165, 1.54) is 42.4 Å². The zero-order valence-corrected chi connectivity index (χ0v) is 11.6. The molecule has 0 saturated carbocycles. The Kier molecular flexibility index (Phi) is 4.31. The van der Waals surface area contributed by atoms with Crippen LogP contribution in [0.1, 0.15) is 26.7 Å². The molecule has 0 bridgehead atoms. The van der Waals surface area contributed by atoms with E-state index < -0.39 is 0 Å². The van der Waals surface area contributed by atoms with Crippen molar-refractivity contribution in [2.75, 3.05) is 29.6 Å². The zero-order valence-electron chi connectivity index (χ0n) is 9.92. The minimum Gasteiger partial charge on any atom is -0.312 e. The molecule has 2 rings (SSSR count). The van der Waals surface area contributed by atoms with Crippen LogP contribution in [-0.2, 0) is 0 Å². The highest BCUT2D eigenvalue weighted by atomic mass is 32.2. The molecule has 0 aromatic rings. The first-order valence-electron chi connectivity index (χ1n) is 6.07. The maximum Gasteiger partial charge on any atom is 0.0209 e. The maximum atomic E-state index is 3.82. The lowest BCUT2D eigenvalue weighted by molar-refractivity contribution is 0.239. The Balaban J connectivity index is 1.76. The Morgan fingerprint density at radius 2 is 2.00 bits per heavy atom. The summed E-state index contributed by atoms with van der Waals surface area (Å²) in [6.07, 6.45) is 2.80. The SMILES string of the molecule is CC1(C)CCSCC1NCC1CCSC1. The van der Waals surface area contributed by atoms with Crippen molar-refractivity contribution in [1.29, 1.82) is 0 Å². The molecule has 2 unspecified atom stereocenters. The van der Waals surface area contributed by atoms with Gasteiger partial charge in [-0.25, -0.2) is 0 Å². The third kappa shape index (κ3) is 3.31. The van der Waals surface area contributed by atoms with Gasteiger partial charge in [0.1, 0.15) is 0 Å². The summed E-state index contributed by atoms with van der Waals surface area (Å²) < 4.78 is 0. The van der Waals surface area contributed by atoms with Crippen molar-refractivity contribution in [1.82, 2.24) is 5.32 Å². The molecule has 88 valence electrons. The van der Waals surface area contributed by atoms with E-state index in [0.717, 1.165) is 12.0 Å². The van der Waals surface area contributed by atoms with Crippen LogP contribution in [0.3, 0.4) is 0 Å². The molecule has 2 atom stereocenters. The minimum absolute atomic E-state index is 0.511. The molecule has 2 fully saturated rings. The monoisotopic (exact) mass is 245 g/mol. The van der Waals surface area contributed by atoms with Gasteiger partial charge in [0.15, 0.2) is 0 Å². The fourth-order valence-electron chi connectivity index (χ4n) is 2.32. The van der Waals surface area contributed by atoms with Gasteiger partial charge in [-0.1, -0.05) is 13.8 Å². The molecule has 1 N–H and O–H groups in total. The van der Waals surface area contributed by atoms with Gasteiger partial charge in [-0.05, 0) is 48.0 Å². The fourth-order valence-corrected chi connectivity index (χ4v) is 5.25. The predicted octanol–water partition coefficient (Wildman–Crippen LogP) is 2.86. The summed E-state index contributed by atoms with van der Waals surface area (Å²) in [6.45, 7) is 6.10. The average molecular weight is 245 g/mol. The second-order valence-electron chi connectivity index (χ2n) is 5.50. The van der Waals surface area contributed by atoms with Gasteiger partial charge in [0.2, 0.25) is 0 Å². The molecule has 2 aliphatic rings. The van der Waals surface area contributed by atoms with Gasteiger partial charge in [0, 0.05) is 11.8 Å². The summed E-state index contributed by atoms with van der Waals surface area (Å²) in [5, 5.41) is 3.82. The molecule has 0 amide bonds. The number of thioether (sulfide) groups is 2. The van der Waals surface area contributed by atoms with Crippen molar-refractivity contribution in [2.45, 2.75) is 32.7 Å². The van der Waals surface area contributed by atoms with Gasteiger partial charge < -0.3 is 5.32 Å². The molecule has 3 heteroatoms. The number of hydrogen-bond donors (Lipinski definition) is 1. The summed E-state index contributed by atoms with van der Waals surface area (Å²) in [5.41, 5.74) is 0.511. The summed E-state index contributed by atoms with van der Waals surface area (Å²) >= 11 is 4.24. The summed E-state index contributed by atoms with van der Waals surface area (Å²) in [5.74, 6) is 6.37. The summed E-state index contributed by atoms with van der Waals surface area (Å²) in [4.78, 5) is 0. The highest BCUT2D eigenvalue weighted by Crippen LogP contribution is 2.34. The molecule has 0 aromatic carbocycles. The highest BCUT2D eigenvalue weighted by Gasteiger charge is 2.32. The average Bonchev–Trinajstić information content (AvgIpc) is 2.68. The second kappa shape index (κ2) is 5.33. The van der Waals surface area contributed by atoms with Crippen LogP contribution in [0, 0.1) is 11.3 Å². The van der Waals surface area contributed by atoms with Crippen LogP contribution in [0.5, 0.6) is 0 Å². The predicted molar refractivity (Wildman–Crippen MR) is 72.9 cm³/mol. The number of hydrogen-bond acceptors (Lipinski definition) is 3. The third-order valence-electron chi connectivity index (χ3n) is 3.80. The molecular formula is C12H23NS2. The third-order valence-corrected chi connectivity index (χ3v) is 6.09. The molecule has 0 aromatic heterocycles.